The van der Waals surface area contributed by atoms with E-state index < -0.39 is 0 Å². The summed E-state index contributed by atoms with van der Waals surface area (Å²) in [5, 5.41) is 6.02. The van der Waals surface area contributed by atoms with Crippen LogP contribution in [0.4, 0.5) is 11.4 Å². The first-order chi connectivity index (χ1) is 23.1. The van der Waals surface area contributed by atoms with Gasteiger partial charge in [0.15, 0.2) is 5.71 Å². The molecule has 7 heteroatoms. The molecule has 0 saturated carbocycles. The molecule has 0 atom stereocenters. The van der Waals surface area contributed by atoms with Gasteiger partial charge in [-0.25, -0.2) is 0 Å². The van der Waals surface area contributed by atoms with Crippen LogP contribution in [0.25, 0.3) is 0 Å². The Hall–Kier alpha value is -3.52. The second-order valence-electron chi connectivity index (χ2n) is 13.9. The van der Waals surface area contributed by atoms with Gasteiger partial charge in [0.25, 0.3) is 0 Å². The molecule has 0 fully saturated rings. The van der Waals surface area contributed by atoms with E-state index in [0.29, 0.717) is 39.4 Å². The Kier molecular flexibility index (Phi) is 13.8. The third-order valence-corrected chi connectivity index (χ3v) is 9.62. The standard InChI is InChI=1S/C41H58N4O3/c1-8-44-35-18-15-14-17-33(35)40(3,4)37(44)19-11-9-12-20-38-41(5,6)34-31-32(2)22-23-36(34)45(38)26-16-10-13-21-39(46)43-25-28-48-30-29-47-27-24-42-7/h9,11-12,14-15,17-20,22-23,31,42H,8,10,13,16,21,24-30H2,1-7H3/p+1. The van der Waals surface area contributed by atoms with Gasteiger partial charge >= 0.3 is 0 Å². The highest BCUT2D eigenvalue weighted by Crippen LogP contribution is 2.47. The van der Waals surface area contributed by atoms with Crippen LogP contribution < -0.4 is 15.5 Å². The van der Waals surface area contributed by atoms with Crippen LogP contribution >= 0.6 is 0 Å². The van der Waals surface area contributed by atoms with Crippen molar-refractivity contribution >= 4 is 23.0 Å². The summed E-state index contributed by atoms with van der Waals surface area (Å²) in [7, 11) is 1.90. The van der Waals surface area contributed by atoms with Gasteiger partial charge in [-0.05, 0) is 71.4 Å². The maximum absolute atomic E-state index is 12.4. The Labute approximate surface area is 289 Å². The number of amides is 1. The molecule has 4 rings (SSSR count). The number of ether oxygens (including phenoxy) is 2. The maximum atomic E-state index is 12.4. The van der Waals surface area contributed by atoms with E-state index in [1.165, 1.54) is 39.5 Å². The lowest BCUT2D eigenvalue weighted by molar-refractivity contribution is -0.438. The Balaban J connectivity index is 1.33. The number of unbranched alkanes of at least 4 members (excludes halogenated alkanes) is 2. The Bertz CT molecular complexity index is 1500. The SMILES string of the molecule is CCN1\C(=C/C=C/C=C/C2=[N+](CCCCCC(=O)NCCOCCOCCNC)c3ccc(C)cc3C2(C)C)C(C)(C)c2ccccc21. The minimum Gasteiger partial charge on any atom is -0.378 e. The molecule has 0 aromatic heterocycles. The predicted molar refractivity (Wildman–Crippen MR) is 200 cm³/mol. The molecule has 48 heavy (non-hydrogen) atoms. The normalized spacial score (nSPS) is 17.2. The van der Waals surface area contributed by atoms with E-state index >= 15 is 0 Å². The topological polar surface area (TPSA) is 65.8 Å². The van der Waals surface area contributed by atoms with E-state index in [1.807, 2.05) is 7.05 Å². The van der Waals surface area contributed by atoms with E-state index in [9.17, 15) is 4.79 Å². The van der Waals surface area contributed by atoms with Crippen molar-refractivity contribution in [1.82, 2.24) is 10.6 Å². The number of nitrogens with zero attached hydrogens (tertiary/aromatic N) is 2. The predicted octanol–water partition coefficient (Wildman–Crippen LogP) is 7.11. The number of para-hydroxylation sites is 1. The number of nitrogens with one attached hydrogen (secondary N) is 2. The van der Waals surface area contributed by atoms with E-state index in [0.717, 1.165) is 38.9 Å². The largest absolute Gasteiger partial charge is 0.378 e. The lowest BCUT2D eigenvalue weighted by Crippen LogP contribution is -2.28. The van der Waals surface area contributed by atoms with Gasteiger partial charge in [-0.1, -0.05) is 61.9 Å². The monoisotopic (exact) mass is 655 g/mol. The average molecular weight is 656 g/mol. The molecule has 0 aliphatic carbocycles. The molecule has 2 aromatic rings. The Morgan fingerprint density at radius 3 is 2.38 bits per heavy atom. The van der Waals surface area contributed by atoms with Crippen LogP contribution in [-0.4, -0.2) is 75.8 Å². The maximum Gasteiger partial charge on any atom is 0.220 e. The molecule has 260 valence electrons. The van der Waals surface area contributed by atoms with Crippen LogP contribution in [0.15, 0.2) is 78.5 Å². The second-order valence-corrected chi connectivity index (χ2v) is 13.9. The number of likely N-dealkylation sites (N-methyl/N-ethyl adjacent to an activating group) is 2. The van der Waals surface area contributed by atoms with E-state index in [1.54, 1.807) is 0 Å². The molecular weight excluding hydrogens is 596 g/mol. The number of hydrogen-bond acceptors (Lipinski definition) is 5. The van der Waals surface area contributed by atoms with Crippen molar-refractivity contribution < 1.29 is 18.8 Å². The average Bonchev–Trinajstić information content (AvgIpc) is 3.41. The number of carbonyl (C=O) groups excluding carboxylic acids is 1. The van der Waals surface area contributed by atoms with Gasteiger partial charge in [0.2, 0.25) is 11.6 Å². The zero-order valence-electron chi connectivity index (χ0n) is 30.5. The molecule has 2 aliphatic heterocycles. The van der Waals surface area contributed by atoms with Gasteiger partial charge < -0.3 is 25.0 Å². The van der Waals surface area contributed by atoms with Crippen LogP contribution in [-0.2, 0) is 25.1 Å². The summed E-state index contributed by atoms with van der Waals surface area (Å²) in [5.74, 6) is 0.0934. The van der Waals surface area contributed by atoms with Crippen molar-refractivity contribution in [3.8, 4) is 0 Å². The number of rotatable bonds is 19. The minimum absolute atomic E-state index is 0.0320. The van der Waals surface area contributed by atoms with Crippen molar-refractivity contribution in [2.24, 2.45) is 0 Å². The van der Waals surface area contributed by atoms with Gasteiger partial charge in [-0.2, -0.15) is 4.58 Å². The molecule has 0 spiro atoms. The Morgan fingerprint density at radius 2 is 1.62 bits per heavy atom. The summed E-state index contributed by atoms with van der Waals surface area (Å²) in [5.41, 5.74) is 9.18. The summed E-state index contributed by atoms with van der Waals surface area (Å²) in [6.45, 7) is 19.2. The summed E-state index contributed by atoms with van der Waals surface area (Å²) in [4.78, 5) is 14.8. The quantitative estimate of drug-likeness (QED) is 0.0960. The van der Waals surface area contributed by atoms with Gasteiger partial charge in [-0.15, -0.1) is 0 Å². The van der Waals surface area contributed by atoms with Crippen LogP contribution in [0.5, 0.6) is 0 Å². The van der Waals surface area contributed by atoms with Crippen LogP contribution in [0, 0.1) is 6.92 Å². The molecule has 2 aliphatic rings. The van der Waals surface area contributed by atoms with E-state index in [-0.39, 0.29) is 16.7 Å². The van der Waals surface area contributed by atoms with Crippen molar-refractivity contribution in [3.63, 3.8) is 0 Å². The zero-order chi connectivity index (χ0) is 34.6. The smallest absolute Gasteiger partial charge is 0.220 e. The number of allylic oxidation sites excluding steroid dienone is 6. The number of hydrogen-bond donors (Lipinski definition) is 2. The molecule has 0 bridgehead atoms. The van der Waals surface area contributed by atoms with E-state index in [2.05, 4.69) is 134 Å². The number of anilines is 1. The number of carbonyl (C=O) groups is 1. The van der Waals surface area contributed by atoms with Crippen LogP contribution in [0.3, 0.4) is 0 Å². The first-order valence-electron chi connectivity index (χ1n) is 17.9. The third kappa shape index (κ3) is 9.13. The lowest BCUT2D eigenvalue weighted by atomic mass is 9.81. The highest BCUT2D eigenvalue weighted by molar-refractivity contribution is 6.03. The molecule has 2 N–H and O–H groups in total. The zero-order valence-corrected chi connectivity index (χ0v) is 30.5. The molecule has 0 radical (unpaired) electrons. The second kappa shape index (κ2) is 17.8. The first-order valence-corrected chi connectivity index (χ1v) is 17.9. The summed E-state index contributed by atoms with van der Waals surface area (Å²) < 4.78 is 13.5. The fraction of sp³-hybridized carbons (Fsp3) is 0.512. The Morgan fingerprint density at radius 1 is 0.875 bits per heavy atom. The fourth-order valence-electron chi connectivity index (χ4n) is 6.95. The minimum atomic E-state index is -0.0982. The molecule has 2 aromatic carbocycles. The molecule has 7 nitrogen and oxygen atoms in total. The van der Waals surface area contributed by atoms with Crippen LogP contribution in [0.1, 0.15) is 77.0 Å². The molecule has 2 heterocycles. The molecule has 0 saturated heterocycles. The number of benzene rings is 2. The fourth-order valence-corrected chi connectivity index (χ4v) is 6.95. The lowest BCUT2D eigenvalue weighted by Gasteiger charge is -2.25. The van der Waals surface area contributed by atoms with E-state index in [4.69, 9.17) is 9.47 Å². The van der Waals surface area contributed by atoms with Crippen molar-refractivity contribution in [3.05, 3.63) is 95.2 Å². The number of fused-ring (bicyclic) bond motifs is 2. The molecular formula is C41H59N4O3+. The summed E-state index contributed by atoms with van der Waals surface area (Å²) in [6.07, 6.45) is 14.6. The highest BCUT2D eigenvalue weighted by atomic mass is 16.5. The first kappa shape index (κ1) is 37.3. The third-order valence-electron chi connectivity index (χ3n) is 9.62. The van der Waals surface area contributed by atoms with Crippen molar-refractivity contribution in [2.75, 3.05) is 64.6 Å². The van der Waals surface area contributed by atoms with Crippen molar-refractivity contribution in [2.45, 2.75) is 78.1 Å². The van der Waals surface area contributed by atoms with Crippen molar-refractivity contribution in [1.29, 1.82) is 0 Å². The summed E-state index contributed by atoms with van der Waals surface area (Å²) >= 11 is 0. The molecule has 1 amide bonds. The van der Waals surface area contributed by atoms with Gasteiger partial charge in [-0.3, -0.25) is 4.79 Å². The number of aryl methyl sites for hydroxylation is 1. The highest BCUT2D eigenvalue weighted by Gasteiger charge is 2.44. The van der Waals surface area contributed by atoms with Gasteiger partial charge in [0, 0.05) is 67.0 Å². The van der Waals surface area contributed by atoms with Crippen LogP contribution in [0.2, 0.25) is 0 Å². The van der Waals surface area contributed by atoms with Gasteiger partial charge in [0.05, 0.1) is 31.8 Å². The molecule has 0 unspecified atom stereocenters. The summed E-state index contributed by atoms with van der Waals surface area (Å²) in [6, 6.07) is 15.6. The van der Waals surface area contributed by atoms with Gasteiger partial charge in [0.1, 0.15) is 6.54 Å².